The van der Waals surface area contributed by atoms with Gasteiger partial charge >= 0.3 is 6.09 Å². The number of nitrogens with zero attached hydrogens (tertiary/aromatic N) is 1. The molecule has 110 valence electrons. The Labute approximate surface area is 129 Å². The van der Waals surface area contributed by atoms with E-state index < -0.39 is 11.2 Å². The minimum atomic E-state index is -0.620. The standard InChI is InChI=1S/C14H18ClNO3S/c1-13(2,3)18-12(17)16-8-14(9-16,19-20)10-5-4-6-11(15)7-10/h4-7,20H,8-9H2,1-3H3. The fourth-order valence-corrected chi connectivity index (χ4v) is 2.50. The lowest BCUT2D eigenvalue weighted by Gasteiger charge is -2.48. The fraction of sp³-hybridized carbons (Fsp3) is 0.500. The van der Waals surface area contributed by atoms with Crippen molar-refractivity contribution in [3.63, 3.8) is 0 Å². The summed E-state index contributed by atoms with van der Waals surface area (Å²) in [6, 6.07) is 7.38. The van der Waals surface area contributed by atoms with Crippen LogP contribution in [0, 0.1) is 0 Å². The van der Waals surface area contributed by atoms with Crippen molar-refractivity contribution in [2.24, 2.45) is 0 Å². The van der Waals surface area contributed by atoms with Gasteiger partial charge in [-0.05, 0) is 51.4 Å². The van der Waals surface area contributed by atoms with Crippen molar-refractivity contribution in [2.75, 3.05) is 13.1 Å². The summed E-state index contributed by atoms with van der Waals surface area (Å²) in [6.45, 7) is 6.30. The first-order valence-electron chi connectivity index (χ1n) is 6.32. The normalized spacial score (nSPS) is 17.6. The van der Waals surface area contributed by atoms with Crippen molar-refractivity contribution < 1.29 is 13.7 Å². The van der Waals surface area contributed by atoms with Gasteiger partial charge in [0.2, 0.25) is 0 Å². The molecule has 0 atom stereocenters. The maximum absolute atomic E-state index is 11.9. The summed E-state index contributed by atoms with van der Waals surface area (Å²) in [7, 11) is 0. The lowest BCUT2D eigenvalue weighted by Crippen LogP contribution is -2.62. The van der Waals surface area contributed by atoms with E-state index in [1.807, 2.05) is 39.0 Å². The molecular formula is C14H18ClNO3S. The van der Waals surface area contributed by atoms with Crippen LogP contribution >= 0.6 is 24.5 Å². The minimum absolute atomic E-state index is 0.347. The van der Waals surface area contributed by atoms with Crippen LogP contribution in [0.1, 0.15) is 26.3 Å². The van der Waals surface area contributed by atoms with E-state index in [2.05, 4.69) is 12.9 Å². The molecule has 0 bridgehead atoms. The number of hydrogen-bond acceptors (Lipinski definition) is 4. The summed E-state index contributed by atoms with van der Waals surface area (Å²) >= 11 is 9.94. The van der Waals surface area contributed by atoms with Gasteiger partial charge in [-0.1, -0.05) is 23.7 Å². The van der Waals surface area contributed by atoms with Crippen LogP contribution in [0.15, 0.2) is 24.3 Å². The highest BCUT2D eigenvalue weighted by Crippen LogP contribution is 2.38. The molecule has 0 aliphatic carbocycles. The molecule has 0 spiro atoms. The summed E-state index contributed by atoms with van der Waals surface area (Å²) in [6.07, 6.45) is -0.347. The predicted molar refractivity (Wildman–Crippen MR) is 81.0 cm³/mol. The third kappa shape index (κ3) is 3.22. The van der Waals surface area contributed by atoms with Gasteiger partial charge in [-0.2, -0.15) is 0 Å². The average Bonchev–Trinajstić information content (AvgIpc) is 2.26. The third-order valence-corrected chi connectivity index (χ3v) is 3.65. The predicted octanol–water partition coefficient (Wildman–Crippen LogP) is 3.65. The molecule has 4 nitrogen and oxygen atoms in total. The topological polar surface area (TPSA) is 38.8 Å². The molecule has 0 N–H and O–H groups in total. The number of benzene rings is 1. The summed E-state index contributed by atoms with van der Waals surface area (Å²) in [5.74, 6) is 0. The Morgan fingerprint density at radius 3 is 2.55 bits per heavy atom. The van der Waals surface area contributed by atoms with Crippen molar-refractivity contribution >= 4 is 30.6 Å². The number of carbonyl (C=O) groups is 1. The van der Waals surface area contributed by atoms with E-state index in [4.69, 9.17) is 20.5 Å². The van der Waals surface area contributed by atoms with Gasteiger partial charge < -0.3 is 13.8 Å². The molecular weight excluding hydrogens is 298 g/mol. The molecule has 0 saturated carbocycles. The van der Waals surface area contributed by atoms with E-state index in [-0.39, 0.29) is 6.09 Å². The molecule has 0 radical (unpaired) electrons. The quantitative estimate of drug-likeness (QED) is 0.669. The number of likely N-dealkylation sites (tertiary alicyclic amines) is 1. The highest BCUT2D eigenvalue weighted by Gasteiger charge is 2.49. The zero-order valence-electron chi connectivity index (χ0n) is 11.7. The Bertz CT molecular complexity index is 509. The number of rotatable bonds is 2. The Balaban J connectivity index is 2.07. The van der Waals surface area contributed by atoms with E-state index in [9.17, 15) is 4.79 Å². The van der Waals surface area contributed by atoms with Crippen LogP contribution in [-0.4, -0.2) is 29.7 Å². The number of carbonyl (C=O) groups excluding carboxylic acids is 1. The van der Waals surface area contributed by atoms with Gasteiger partial charge in [-0.15, -0.1) is 0 Å². The summed E-state index contributed by atoms with van der Waals surface area (Å²) in [4.78, 5) is 13.5. The molecule has 20 heavy (non-hydrogen) atoms. The van der Waals surface area contributed by atoms with Crippen LogP contribution in [0.25, 0.3) is 0 Å². The maximum Gasteiger partial charge on any atom is 0.410 e. The monoisotopic (exact) mass is 315 g/mol. The second-order valence-electron chi connectivity index (χ2n) is 5.93. The van der Waals surface area contributed by atoms with Crippen LogP contribution < -0.4 is 0 Å². The van der Waals surface area contributed by atoms with Crippen LogP contribution in [0.2, 0.25) is 5.02 Å². The van der Waals surface area contributed by atoms with Gasteiger partial charge in [-0.3, -0.25) is 0 Å². The van der Waals surface area contributed by atoms with Crippen molar-refractivity contribution in [3.05, 3.63) is 34.9 Å². The molecule has 1 heterocycles. The van der Waals surface area contributed by atoms with Gasteiger partial charge in [0.1, 0.15) is 11.2 Å². The first-order chi connectivity index (χ1) is 9.26. The van der Waals surface area contributed by atoms with Crippen LogP contribution in [-0.2, 0) is 14.5 Å². The number of hydrogen-bond donors (Lipinski definition) is 1. The second-order valence-corrected chi connectivity index (χ2v) is 6.55. The van der Waals surface area contributed by atoms with Gasteiger partial charge in [-0.25, -0.2) is 4.79 Å². The van der Waals surface area contributed by atoms with Crippen molar-refractivity contribution in [1.82, 2.24) is 4.90 Å². The summed E-state index contributed by atoms with van der Waals surface area (Å²) in [5.41, 5.74) is -0.224. The third-order valence-electron chi connectivity index (χ3n) is 3.07. The largest absolute Gasteiger partial charge is 0.444 e. The molecule has 1 aromatic carbocycles. The Morgan fingerprint density at radius 1 is 1.40 bits per heavy atom. The van der Waals surface area contributed by atoms with Crippen LogP contribution in [0.3, 0.4) is 0 Å². The summed E-state index contributed by atoms with van der Waals surface area (Å²) < 4.78 is 10.6. The second kappa shape index (κ2) is 5.47. The van der Waals surface area contributed by atoms with E-state index in [0.717, 1.165) is 5.56 Å². The Hall–Kier alpha value is -0.910. The van der Waals surface area contributed by atoms with E-state index in [1.165, 1.54) is 0 Å². The molecule has 1 saturated heterocycles. The first-order valence-corrected chi connectivity index (χ1v) is 7.07. The lowest BCUT2D eigenvalue weighted by molar-refractivity contribution is -0.0756. The number of amides is 1. The molecule has 0 unspecified atom stereocenters. The molecule has 6 heteroatoms. The van der Waals surface area contributed by atoms with E-state index in [0.29, 0.717) is 18.1 Å². The van der Waals surface area contributed by atoms with E-state index >= 15 is 0 Å². The number of thiol groups is 1. The summed E-state index contributed by atoms with van der Waals surface area (Å²) in [5, 5.41) is 0.628. The minimum Gasteiger partial charge on any atom is -0.444 e. The molecule has 1 fully saturated rings. The van der Waals surface area contributed by atoms with Crippen molar-refractivity contribution in [2.45, 2.75) is 32.0 Å². The SMILES string of the molecule is CC(C)(C)OC(=O)N1CC(OS)(c2cccc(Cl)c2)C1. The number of ether oxygens (including phenoxy) is 1. The zero-order valence-corrected chi connectivity index (χ0v) is 13.4. The highest BCUT2D eigenvalue weighted by molar-refractivity contribution is 7.75. The highest BCUT2D eigenvalue weighted by atomic mass is 35.5. The van der Waals surface area contributed by atoms with Gasteiger partial charge in [0.15, 0.2) is 0 Å². The first kappa shape index (κ1) is 15.5. The molecule has 0 aromatic heterocycles. The zero-order chi connectivity index (χ0) is 15.0. The van der Waals surface area contributed by atoms with Crippen molar-refractivity contribution in [1.29, 1.82) is 0 Å². The smallest absolute Gasteiger partial charge is 0.410 e. The molecule has 2 rings (SSSR count). The fourth-order valence-electron chi connectivity index (χ4n) is 2.09. The molecule has 1 aromatic rings. The Kier molecular flexibility index (Phi) is 4.23. The van der Waals surface area contributed by atoms with E-state index in [1.54, 1.807) is 11.0 Å². The molecule has 1 aliphatic heterocycles. The van der Waals surface area contributed by atoms with Gasteiger partial charge in [0, 0.05) is 5.02 Å². The van der Waals surface area contributed by atoms with Crippen LogP contribution in [0.5, 0.6) is 0 Å². The number of halogens is 1. The van der Waals surface area contributed by atoms with Gasteiger partial charge in [0.25, 0.3) is 0 Å². The Morgan fingerprint density at radius 2 is 2.05 bits per heavy atom. The molecule has 1 aliphatic rings. The van der Waals surface area contributed by atoms with Crippen molar-refractivity contribution in [3.8, 4) is 0 Å². The lowest BCUT2D eigenvalue weighted by atomic mass is 9.86. The maximum atomic E-state index is 11.9. The van der Waals surface area contributed by atoms with Crippen LogP contribution in [0.4, 0.5) is 4.79 Å². The average molecular weight is 316 g/mol. The molecule has 1 amide bonds. The van der Waals surface area contributed by atoms with Gasteiger partial charge in [0.05, 0.1) is 13.1 Å².